The number of unbranched alkanes of at least 4 members (excludes halogenated alkanes) is 9. The minimum atomic E-state index is 0.557. The minimum absolute atomic E-state index is 0.557. The zero-order valence-corrected chi connectivity index (χ0v) is 13.4. The fourth-order valence-corrected chi connectivity index (χ4v) is 2.39. The van der Waals surface area contributed by atoms with Gasteiger partial charge in [0.25, 0.3) is 0 Å². The Morgan fingerprint density at radius 2 is 1.33 bits per heavy atom. The van der Waals surface area contributed by atoms with Crippen molar-refractivity contribution in [3.05, 3.63) is 29.2 Å². The maximum absolute atomic E-state index is 8.59. The molecule has 0 radical (unpaired) electrons. The Hall–Kier alpha value is -1.56. The van der Waals surface area contributed by atoms with Crippen LogP contribution in [0.5, 0.6) is 5.75 Å². The first-order valence-corrected chi connectivity index (χ1v) is 8.44. The first-order chi connectivity index (χ1) is 10.4. The van der Waals surface area contributed by atoms with Crippen LogP contribution in [0.2, 0.25) is 0 Å². The molecule has 0 atom stereocenters. The lowest BCUT2D eigenvalue weighted by Crippen LogP contribution is -1.96. The molecule has 0 heterocycles. The number of nitrogens with zero attached hydrogens (tertiary/aromatic N) is 2. The zero-order chi connectivity index (χ0) is 15.2. The molecule has 0 N–H and O–H groups in total. The molecule has 0 bridgehead atoms. The monoisotopic (exact) mass is 289 g/mol. The molecule has 0 amide bonds. The Kier molecular flexibility index (Phi) is 10.2. The lowest BCUT2D eigenvalue weighted by atomic mass is 10.1. The lowest BCUT2D eigenvalue weighted by molar-refractivity contribution is 0.304. The summed E-state index contributed by atoms with van der Waals surface area (Å²) in [7, 11) is 0. The molecule has 0 unspecified atom stereocenters. The SMILES string of the molecule is CCCCCCCCCCCCOc1ccc([N+]#N)cc1. The molecule has 1 aromatic rings. The van der Waals surface area contributed by atoms with E-state index in [1.165, 1.54) is 57.8 Å². The first-order valence-electron chi connectivity index (χ1n) is 8.44. The second kappa shape index (κ2) is 12.2. The van der Waals surface area contributed by atoms with E-state index in [0.717, 1.165) is 18.8 Å². The van der Waals surface area contributed by atoms with Gasteiger partial charge in [-0.1, -0.05) is 64.7 Å². The number of benzene rings is 1. The molecule has 3 nitrogen and oxygen atoms in total. The Balaban J connectivity index is 1.89. The van der Waals surface area contributed by atoms with Crippen LogP contribution in [0, 0.1) is 5.39 Å². The van der Waals surface area contributed by atoms with Crippen LogP contribution in [0.4, 0.5) is 5.69 Å². The van der Waals surface area contributed by atoms with Crippen LogP contribution in [0.25, 0.3) is 4.98 Å². The third-order valence-electron chi connectivity index (χ3n) is 3.72. The van der Waals surface area contributed by atoms with E-state index in [1.54, 1.807) is 12.1 Å². The van der Waals surface area contributed by atoms with Gasteiger partial charge in [-0.25, -0.2) is 0 Å². The minimum Gasteiger partial charge on any atom is -0.494 e. The maximum Gasteiger partial charge on any atom is 0.385 e. The Morgan fingerprint density at radius 1 is 0.810 bits per heavy atom. The number of hydrogen-bond donors (Lipinski definition) is 0. The smallest absolute Gasteiger partial charge is 0.385 e. The average molecular weight is 289 g/mol. The summed E-state index contributed by atoms with van der Waals surface area (Å²) in [5, 5.41) is 8.59. The van der Waals surface area contributed by atoms with Crippen molar-refractivity contribution in [1.82, 2.24) is 0 Å². The number of ether oxygens (including phenoxy) is 1. The molecule has 21 heavy (non-hydrogen) atoms. The quantitative estimate of drug-likeness (QED) is 0.326. The van der Waals surface area contributed by atoms with Crippen LogP contribution >= 0.6 is 0 Å². The standard InChI is InChI=1S/C18H29N2O/c1-2-3-4-5-6-7-8-9-10-11-16-21-18-14-12-17(20-19)13-15-18/h12-15H,2-11,16H2,1H3/q+1. The number of diazo groups is 1. The Labute approximate surface area is 129 Å². The number of hydrogen-bond acceptors (Lipinski definition) is 2. The van der Waals surface area contributed by atoms with Crippen LogP contribution in [-0.4, -0.2) is 6.61 Å². The van der Waals surface area contributed by atoms with E-state index in [4.69, 9.17) is 10.1 Å². The summed E-state index contributed by atoms with van der Waals surface area (Å²) in [6, 6.07) is 7.17. The second-order valence-electron chi connectivity index (χ2n) is 5.62. The summed E-state index contributed by atoms with van der Waals surface area (Å²) in [5.74, 6) is 0.846. The van der Waals surface area contributed by atoms with Crippen LogP contribution in [0.3, 0.4) is 0 Å². The largest absolute Gasteiger partial charge is 0.494 e. The highest BCUT2D eigenvalue weighted by molar-refractivity contribution is 5.46. The van der Waals surface area contributed by atoms with E-state index in [2.05, 4.69) is 11.9 Å². The second-order valence-corrected chi connectivity index (χ2v) is 5.62. The molecule has 0 fully saturated rings. The van der Waals surface area contributed by atoms with E-state index in [9.17, 15) is 0 Å². The van der Waals surface area contributed by atoms with Crippen LogP contribution in [0.1, 0.15) is 71.1 Å². The highest BCUT2D eigenvalue weighted by atomic mass is 16.5. The Morgan fingerprint density at radius 3 is 1.86 bits per heavy atom. The van der Waals surface area contributed by atoms with Gasteiger partial charge in [-0.05, 0) is 18.6 Å². The molecule has 0 spiro atoms. The van der Waals surface area contributed by atoms with Crippen molar-refractivity contribution in [2.45, 2.75) is 71.1 Å². The summed E-state index contributed by atoms with van der Waals surface area (Å²) in [6.07, 6.45) is 13.4. The molecular weight excluding hydrogens is 260 g/mol. The molecule has 0 aliphatic carbocycles. The summed E-state index contributed by atoms with van der Waals surface area (Å²) in [4.78, 5) is 3.12. The van der Waals surface area contributed by atoms with Gasteiger partial charge in [0.05, 0.1) is 6.61 Å². The van der Waals surface area contributed by atoms with E-state index in [-0.39, 0.29) is 0 Å². The summed E-state index contributed by atoms with van der Waals surface area (Å²) >= 11 is 0. The molecular formula is C18H29N2O+. The van der Waals surface area contributed by atoms with E-state index in [0.29, 0.717) is 5.69 Å². The van der Waals surface area contributed by atoms with Crippen molar-refractivity contribution < 1.29 is 4.74 Å². The topological polar surface area (TPSA) is 37.4 Å². The van der Waals surface area contributed by atoms with Crippen molar-refractivity contribution in [2.75, 3.05) is 6.61 Å². The highest BCUT2D eigenvalue weighted by Gasteiger charge is 2.02. The van der Waals surface area contributed by atoms with Crippen molar-refractivity contribution in [2.24, 2.45) is 0 Å². The molecule has 0 aromatic heterocycles. The van der Waals surface area contributed by atoms with Gasteiger partial charge in [0.2, 0.25) is 5.39 Å². The molecule has 0 saturated carbocycles. The summed E-state index contributed by atoms with van der Waals surface area (Å²) in [5.41, 5.74) is 0.557. The first kappa shape index (κ1) is 17.5. The summed E-state index contributed by atoms with van der Waals surface area (Å²) < 4.78 is 5.65. The van der Waals surface area contributed by atoms with E-state index in [1.807, 2.05) is 12.1 Å². The fourth-order valence-electron chi connectivity index (χ4n) is 2.39. The van der Waals surface area contributed by atoms with Gasteiger partial charge < -0.3 is 4.74 Å². The van der Waals surface area contributed by atoms with Gasteiger partial charge in [-0.2, -0.15) is 0 Å². The van der Waals surface area contributed by atoms with Gasteiger partial charge in [-0.3, -0.25) is 0 Å². The van der Waals surface area contributed by atoms with E-state index < -0.39 is 0 Å². The molecule has 0 aliphatic heterocycles. The van der Waals surface area contributed by atoms with Crippen LogP contribution in [-0.2, 0) is 0 Å². The average Bonchev–Trinajstić information content (AvgIpc) is 2.53. The fraction of sp³-hybridized carbons (Fsp3) is 0.667. The predicted molar refractivity (Wildman–Crippen MR) is 88.5 cm³/mol. The molecule has 1 rings (SSSR count). The van der Waals surface area contributed by atoms with Gasteiger partial charge in [0.15, 0.2) is 4.98 Å². The van der Waals surface area contributed by atoms with Gasteiger partial charge in [-0.15, -0.1) is 0 Å². The molecule has 0 saturated heterocycles. The van der Waals surface area contributed by atoms with E-state index >= 15 is 0 Å². The number of rotatable bonds is 12. The molecule has 116 valence electrons. The maximum atomic E-state index is 8.59. The molecule has 3 heteroatoms. The van der Waals surface area contributed by atoms with Crippen molar-refractivity contribution in [3.63, 3.8) is 0 Å². The van der Waals surface area contributed by atoms with Gasteiger partial charge >= 0.3 is 5.69 Å². The van der Waals surface area contributed by atoms with Crippen molar-refractivity contribution >= 4 is 5.69 Å². The lowest BCUT2D eigenvalue weighted by Gasteiger charge is -2.05. The van der Waals surface area contributed by atoms with Crippen LogP contribution < -0.4 is 4.74 Å². The summed E-state index contributed by atoms with van der Waals surface area (Å²) in [6.45, 7) is 3.03. The predicted octanol–water partition coefficient (Wildman–Crippen LogP) is 6.47. The van der Waals surface area contributed by atoms with Gasteiger partial charge in [0.1, 0.15) is 5.75 Å². The third-order valence-corrected chi connectivity index (χ3v) is 3.72. The molecule has 1 aromatic carbocycles. The van der Waals surface area contributed by atoms with Crippen molar-refractivity contribution in [3.8, 4) is 5.75 Å². The molecule has 0 aliphatic rings. The highest BCUT2D eigenvalue weighted by Crippen LogP contribution is 2.18. The third kappa shape index (κ3) is 9.07. The Bertz CT molecular complexity index is 395. The van der Waals surface area contributed by atoms with Gasteiger partial charge in [0, 0.05) is 12.1 Å². The normalized spacial score (nSPS) is 10.3. The van der Waals surface area contributed by atoms with Crippen LogP contribution in [0.15, 0.2) is 24.3 Å². The van der Waals surface area contributed by atoms with Crippen molar-refractivity contribution in [1.29, 1.82) is 5.39 Å². The zero-order valence-electron chi connectivity index (χ0n) is 13.4.